The van der Waals surface area contributed by atoms with Crippen LogP contribution in [0.25, 0.3) is 0 Å². The van der Waals surface area contributed by atoms with Crippen molar-refractivity contribution in [3.8, 4) is 0 Å². The fourth-order valence-electron chi connectivity index (χ4n) is 0.923. The van der Waals surface area contributed by atoms with E-state index in [1.54, 1.807) is 6.92 Å². The molecule has 0 saturated heterocycles. The smallest absolute Gasteiger partial charge is 0.305 e. The van der Waals surface area contributed by atoms with Crippen LogP contribution in [0.3, 0.4) is 0 Å². The molecule has 0 radical (unpaired) electrons. The highest BCUT2D eigenvalue weighted by Gasteiger charge is 2.04. The van der Waals surface area contributed by atoms with Crippen LogP contribution in [0.5, 0.6) is 0 Å². The predicted octanol–water partition coefficient (Wildman–Crippen LogP) is 2.57. The van der Waals surface area contributed by atoms with Crippen molar-refractivity contribution in [2.45, 2.75) is 91.5 Å². The average molecular weight is 294 g/mol. The van der Waals surface area contributed by atoms with E-state index in [1.807, 2.05) is 27.7 Å². The summed E-state index contributed by atoms with van der Waals surface area (Å²) in [5.41, 5.74) is 0. The summed E-state index contributed by atoms with van der Waals surface area (Å²) in [6.07, 6.45) is 3.10. The molecule has 0 aromatic rings. The van der Waals surface area contributed by atoms with Gasteiger partial charge in [0.2, 0.25) is 0 Å². The molecule has 0 bridgehead atoms. The molecule has 124 valence electrons. The maximum absolute atomic E-state index is 9.81. The van der Waals surface area contributed by atoms with Crippen LogP contribution in [0.15, 0.2) is 0 Å². The van der Waals surface area contributed by atoms with E-state index in [0.717, 1.165) is 25.7 Å². The van der Waals surface area contributed by atoms with Crippen molar-refractivity contribution >= 4 is 5.97 Å². The molecule has 1 atom stereocenters. The van der Waals surface area contributed by atoms with Crippen LogP contribution in [0, 0.1) is 0 Å². The molecule has 0 aliphatic carbocycles. The molecule has 5 heteroatoms. The van der Waals surface area contributed by atoms with Gasteiger partial charge in [0.1, 0.15) is 0 Å². The number of hydrogen-bond acceptors (Lipinski definition) is 4. The van der Waals surface area contributed by atoms with Crippen molar-refractivity contribution in [1.82, 2.24) is 0 Å². The molecule has 0 unspecified atom stereocenters. The first-order valence-corrected chi connectivity index (χ1v) is 7.54. The van der Waals surface area contributed by atoms with E-state index >= 15 is 0 Å². The Kier molecular flexibility index (Phi) is 22.4. The second-order valence-electron chi connectivity index (χ2n) is 4.60. The second kappa shape index (κ2) is 18.4. The molecule has 0 amide bonds. The Bertz CT molecular complexity index is 179. The number of aliphatic carboxylic acids is 1. The third-order valence-corrected chi connectivity index (χ3v) is 2.77. The van der Waals surface area contributed by atoms with Gasteiger partial charge in [-0.15, -0.1) is 0 Å². The van der Waals surface area contributed by atoms with Crippen molar-refractivity contribution in [3.05, 3.63) is 0 Å². The third kappa shape index (κ3) is 26.0. The van der Waals surface area contributed by atoms with Gasteiger partial charge < -0.3 is 20.4 Å². The minimum absolute atomic E-state index is 0.0648. The molecule has 0 aliphatic rings. The van der Waals surface area contributed by atoms with Crippen molar-refractivity contribution in [1.29, 1.82) is 0 Å². The predicted molar refractivity (Wildman–Crippen MR) is 81.7 cm³/mol. The summed E-state index contributed by atoms with van der Waals surface area (Å²) in [6.45, 7) is 9.66. The van der Waals surface area contributed by atoms with E-state index in [-0.39, 0.29) is 18.6 Å². The Labute approximate surface area is 123 Å². The molecule has 4 N–H and O–H groups in total. The van der Waals surface area contributed by atoms with Crippen LogP contribution < -0.4 is 0 Å². The lowest BCUT2D eigenvalue weighted by atomic mass is 10.2. The number of aliphatic hydroxyl groups is 3. The zero-order valence-corrected chi connectivity index (χ0v) is 13.7. The van der Waals surface area contributed by atoms with E-state index in [0.29, 0.717) is 6.42 Å². The van der Waals surface area contributed by atoms with E-state index in [2.05, 4.69) is 0 Å². The number of carboxylic acid groups (broad SMARTS) is 1. The van der Waals surface area contributed by atoms with E-state index in [9.17, 15) is 4.79 Å². The van der Waals surface area contributed by atoms with Gasteiger partial charge in [-0.25, -0.2) is 0 Å². The summed E-state index contributed by atoms with van der Waals surface area (Å²) in [5.74, 6) is -0.945. The van der Waals surface area contributed by atoms with E-state index in [1.165, 1.54) is 0 Å². The first-order valence-electron chi connectivity index (χ1n) is 7.54. The molecule has 0 aromatic carbocycles. The molecule has 0 rings (SSSR count). The Hall–Kier alpha value is -0.650. The monoisotopic (exact) mass is 294 g/mol. The zero-order chi connectivity index (χ0) is 16.6. The summed E-state index contributed by atoms with van der Waals surface area (Å²) in [7, 11) is 0. The van der Waals surface area contributed by atoms with Crippen molar-refractivity contribution in [2.24, 2.45) is 0 Å². The molecule has 0 saturated carbocycles. The standard InChI is InChI=1S/C5H10O3.2C5H12O/c1-2-4(6)3-5(7)8;2*1-3-5(6)4-2/h4,6H,2-3H2,1H3,(H,7,8);2*5-6H,3-4H2,1-2H3/t4-;;/m0../s1. The molecule has 20 heavy (non-hydrogen) atoms. The topological polar surface area (TPSA) is 98.0 Å². The molecule has 0 fully saturated rings. The van der Waals surface area contributed by atoms with Crippen LogP contribution in [-0.4, -0.2) is 44.7 Å². The van der Waals surface area contributed by atoms with Gasteiger partial charge >= 0.3 is 5.97 Å². The van der Waals surface area contributed by atoms with Gasteiger partial charge in [-0.1, -0.05) is 34.6 Å². The zero-order valence-electron chi connectivity index (χ0n) is 13.7. The third-order valence-electron chi connectivity index (χ3n) is 2.77. The van der Waals surface area contributed by atoms with E-state index in [4.69, 9.17) is 20.4 Å². The Morgan fingerprint density at radius 3 is 1.00 bits per heavy atom. The quantitative estimate of drug-likeness (QED) is 0.578. The Morgan fingerprint density at radius 1 is 0.700 bits per heavy atom. The highest BCUT2D eigenvalue weighted by atomic mass is 16.4. The Balaban J connectivity index is -0.000000221. The average Bonchev–Trinajstić information content (AvgIpc) is 2.45. The summed E-state index contributed by atoms with van der Waals surface area (Å²) < 4.78 is 0. The van der Waals surface area contributed by atoms with Crippen molar-refractivity contribution in [2.75, 3.05) is 0 Å². The SMILES string of the molecule is CCC(O)CC.CCC(O)CC.CC[C@H](O)CC(=O)O. The molecular weight excluding hydrogens is 260 g/mol. The van der Waals surface area contributed by atoms with Gasteiger partial charge in [0, 0.05) is 0 Å². The van der Waals surface area contributed by atoms with Gasteiger partial charge in [0.25, 0.3) is 0 Å². The highest BCUT2D eigenvalue weighted by Crippen LogP contribution is 1.94. The number of carboxylic acids is 1. The maximum Gasteiger partial charge on any atom is 0.305 e. The molecule has 0 heterocycles. The summed E-state index contributed by atoms with van der Waals surface area (Å²) in [4.78, 5) is 9.81. The highest BCUT2D eigenvalue weighted by molar-refractivity contribution is 5.67. The molecule has 0 spiro atoms. The fourth-order valence-corrected chi connectivity index (χ4v) is 0.923. The first kappa shape index (κ1) is 24.4. The van der Waals surface area contributed by atoms with Crippen molar-refractivity contribution < 1.29 is 25.2 Å². The van der Waals surface area contributed by atoms with Gasteiger partial charge in [-0.05, 0) is 32.1 Å². The largest absolute Gasteiger partial charge is 0.481 e. The molecular formula is C15H34O5. The molecule has 0 aromatic heterocycles. The number of carbonyl (C=O) groups is 1. The minimum Gasteiger partial charge on any atom is -0.481 e. The number of hydrogen-bond donors (Lipinski definition) is 4. The molecule has 5 nitrogen and oxygen atoms in total. The summed E-state index contributed by atoms with van der Waals surface area (Å²) in [6, 6.07) is 0. The van der Waals surface area contributed by atoms with Gasteiger partial charge in [-0.3, -0.25) is 4.79 Å². The Morgan fingerprint density at radius 2 is 0.950 bits per heavy atom. The van der Waals surface area contributed by atoms with Crippen LogP contribution in [0.1, 0.15) is 73.1 Å². The number of aliphatic hydroxyl groups excluding tert-OH is 3. The lowest BCUT2D eigenvalue weighted by Crippen LogP contribution is -2.10. The van der Waals surface area contributed by atoms with Gasteiger partial charge in [0.15, 0.2) is 0 Å². The fraction of sp³-hybridized carbons (Fsp3) is 0.933. The maximum atomic E-state index is 9.81. The summed E-state index contributed by atoms with van der Waals surface area (Å²) >= 11 is 0. The van der Waals surface area contributed by atoms with Gasteiger partial charge in [0.05, 0.1) is 24.7 Å². The minimum atomic E-state index is -0.945. The lowest BCUT2D eigenvalue weighted by molar-refractivity contribution is -0.139. The molecule has 0 aliphatic heterocycles. The van der Waals surface area contributed by atoms with Crippen molar-refractivity contribution in [3.63, 3.8) is 0 Å². The van der Waals surface area contributed by atoms with Crippen LogP contribution in [0.2, 0.25) is 0 Å². The number of rotatable bonds is 7. The normalized spacial score (nSPS) is 11.3. The second-order valence-corrected chi connectivity index (χ2v) is 4.60. The van der Waals surface area contributed by atoms with E-state index < -0.39 is 12.1 Å². The van der Waals surface area contributed by atoms with Crippen LogP contribution in [0.4, 0.5) is 0 Å². The lowest BCUT2D eigenvalue weighted by Gasteiger charge is -2.00. The summed E-state index contributed by atoms with van der Waals surface area (Å²) in [5, 5.41) is 34.0. The van der Waals surface area contributed by atoms with Gasteiger partial charge in [-0.2, -0.15) is 0 Å². The van der Waals surface area contributed by atoms with Crippen LogP contribution >= 0.6 is 0 Å². The first-order chi connectivity index (χ1) is 9.28. The van der Waals surface area contributed by atoms with Crippen LogP contribution in [-0.2, 0) is 4.79 Å².